The van der Waals surface area contributed by atoms with Gasteiger partial charge in [0.1, 0.15) is 5.82 Å². The molecule has 2 amide bonds. The topological polar surface area (TPSA) is 71.1 Å². The Morgan fingerprint density at radius 3 is 2.62 bits per heavy atom. The molecule has 0 spiro atoms. The summed E-state index contributed by atoms with van der Waals surface area (Å²) in [7, 11) is 0. The maximum Gasteiger partial charge on any atom is 0.234 e. The molecule has 0 radical (unpaired) electrons. The lowest BCUT2D eigenvalue weighted by Gasteiger charge is -2.04. The van der Waals surface area contributed by atoms with Gasteiger partial charge >= 0.3 is 0 Å². The summed E-state index contributed by atoms with van der Waals surface area (Å²) in [5, 5.41) is 7.88. The number of hydrogen-bond acceptors (Lipinski definition) is 5. The molecule has 0 bridgehead atoms. The normalized spacial score (nSPS) is 10.7. The van der Waals surface area contributed by atoms with Crippen LogP contribution in [0, 0.1) is 11.7 Å². The van der Waals surface area contributed by atoms with Gasteiger partial charge in [0.25, 0.3) is 0 Å². The van der Waals surface area contributed by atoms with Crippen molar-refractivity contribution in [3.63, 3.8) is 0 Å². The molecule has 8 heteroatoms. The molecular weight excluding hydrogens is 349 g/mol. The van der Waals surface area contributed by atoms with Gasteiger partial charge in [-0.25, -0.2) is 9.37 Å². The molecule has 5 nitrogen and oxygen atoms in total. The van der Waals surface area contributed by atoms with Crippen LogP contribution >= 0.6 is 23.1 Å². The Morgan fingerprint density at radius 1 is 1.25 bits per heavy atom. The number of hydrogen-bond donors (Lipinski definition) is 2. The minimum Gasteiger partial charge on any atom is -0.325 e. The number of aromatic nitrogens is 1. The van der Waals surface area contributed by atoms with Gasteiger partial charge in [-0.2, -0.15) is 0 Å². The second kappa shape index (κ2) is 8.79. The third-order valence-electron chi connectivity index (χ3n) is 2.92. The van der Waals surface area contributed by atoms with E-state index in [1.807, 2.05) is 19.2 Å². The van der Waals surface area contributed by atoms with Crippen LogP contribution in [0.5, 0.6) is 0 Å². The van der Waals surface area contributed by atoms with E-state index >= 15 is 0 Å². The Bertz CT molecular complexity index is 702. The van der Waals surface area contributed by atoms with Crippen LogP contribution in [0.1, 0.15) is 19.5 Å². The molecule has 0 aliphatic heterocycles. The lowest BCUT2D eigenvalue weighted by Crippen LogP contribution is -2.17. The van der Waals surface area contributed by atoms with E-state index in [1.54, 1.807) is 0 Å². The van der Waals surface area contributed by atoms with E-state index in [0.717, 1.165) is 5.69 Å². The Hall–Kier alpha value is -1.93. The second-order valence-electron chi connectivity index (χ2n) is 5.34. The number of thioether (sulfide) groups is 1. The van der Waals surface area contributed by atoms with Gasteiger partial charge in [0.15, 0.2) is 5.13 Å². The van der Waals surface area contributed by atoms with Crippen LogP contribution in [0.25, 0.3) is 0 Å². The van der Waals surface area contributed by atoms with Crippen molar-refractivity contribution in [2.45, 2.75) is 19.6 Å². The van der Waals surface area contributed by atoms with E-state index < -0.39 is 0 Å². The van der Waals surface area contributed by atoms with Gasteiger partial charge in [0, 0.05) is 22.7 Å². The van der Waals surface area contributed by atoms with Gasteiger partial charge in [-0.1, -0.05) is 13.8 Å². The van der Waals surface area contributed by atoms with Crippen molar-refractivity contribution < 1.29 is 14.0 Å². The predicted molar refractivity (Wildman–Crippen MR) is 96.8 cm³/mol. The zero-order valence-electron chi connectivity index (χ0n) is 13.3. The molecule has 0 fully saturated rings. The molecule has 2 aromatic rings. The smallest absolute Gasteiger partial charge is 0.234 e. The van der Waals surface area contributed by atoms with Crippen molar-refractivity contribution in [2.75, 3.05) is 16.4 Å². The highest BCUT2D eigenvalue weighted by atomic mass is 32.2. The average Bonchev–Trinajstić information content (AvgIpc) is 2.97. The van der Waals surface area contributed by atoms with Crippen LogP contribution in [0.2, 0.25) is 0 Å². The molecule has 0 unspecified atom stereocenters. The molecule has 24 heavy (non-hydrogen) atoms. The van der Waals surface area contributed by atoms with Gasteiger partial charge in [-0.3, -0.25) is 9.59 Å². The van der Waals surface area contributed by atoms with Crippen LogP contribution in [-0.4, -0.2) is 22.6 Å². The standard InChI is InChI=1S/C16H18FN3O2S2/c1-10(2)15(22)20-16-19-13(8-24-16)7-23-9-14(21)18-12-5-3-11(17)4-6-12/h3-6,8,10H,7,9H2,1-2H3,(H,18,21)(H,19,20,22). The Balaban J connectivity index is 1.73. The number of amides is 2. The number of nitrogens with zero attached hydrogens (tertiary/aromatic N) is 1. The molecule has 2 rings (SSSR count). The Morgan fingerprint density at radius 2 is 1.96 bits per heavy atom. The largest absolute Gasteiger partial charge is 0.325 e. The van der Waals surface area contributed by atoms with Crippen molar-refractivity contribution in [2.24, 2.45) is 5.92 Å². The first kappa shape index (κ1) is 18.4. The molecule has 0 saturated carbocycles. The highest BCUT2D eigenvalue weighted by molar-refractivity contribution is 7.99. The highest BCUT2D eigenvalue weighted by Gasteiger charge is 2.10. The third kappa shape index (κ3) is 5.93. The Kier molecular flexibility index (Phi) is 6.74. The Labute approximate surface area is 148 Å². The first-order chi connectivity index (χ1) is 11.4. The lowest BCUT2D eigenvalue weighted by atomic mass is 10.2. The van der Waals surface area contributed by atoms with Gasteiger partial charge in [-0.15, -0.1) is 23.1 Å². The number of halogens is 1. The van der Waals surface area contributed by atoms with Gasteiger partial charge in [0.05, 0.1) is 11.4 Å². The van der Waals surface area contributed by atoms with Gasteiger partial charge in [-0.05, 0) is 24.3 Å². The zero-order valence-corrected chi connectivity index (χ0v) is 15.0. The van der Waals surface area contributed by atoms with Crippen LogP contribution in [-0.2, 0) is 15.3 Å². The monoisotopic (exact) mass is 367 g/mol. The number of nitrogens with one attached hydrogen (secondary N) is 2. The number of carbonyl (C=O) groups is 2. The maximum atomic E-state index is 12.8. The fourth-order valence-electron chi connectivity index (χ4n) is 1.66. The third-order valence-corrected chi connectivity index (χ3v) is 4.69. The maximum absolute atomic E-state index is 12.8. The van der Waals surface area contributed by atoms with E-state index in [4.69, 9.17) is 0 Å². The fraction of sp³-hybridized carbons (Fsp3) is 0.312. The second-order valence-corrected chi connectivity index (χ2v) is 7.18. The van der Waals surface area contributed by atoms with Crippen molar-refractivity contribution in [1.29, 1.82) is 0 Å². The molecule has 0 aliphatic rings. The average molecular weight is 367 g/mol. The van der Waals surface area contributed by atoms with Crippen molar-refractivity contribution in [3.8, 4) is 0 Å². The van der Waals surface area contributed by atoms with Crippen molar-refractivity contribution in [1.82, 2.24) is 4.98 Å². The van der Waals surface area contributed by atoms with Crippen molar-refractivity contribution >= 4 is 45.7 Å². The number of benzene rings is 1. The van der Waals surface area contributed by atoms with E-state index in [2.05, 4.69) is 15.6 Å². The number of carbonyl (C=O) groups excluding carboxylic acids is 2. The molecule has 0 aliphatic carbocycles. The van der Waals surface area contributed by atoms with E-state index in [1.165, 1.54) is 47.4 Å². The summed E-state index contributed by atoms with van der Waals surface area (Å²) < 4.78 is 12.8. The number of anilines is 2. The lowest BCUT2D eigenvalue weighted by molar-refractivity contribution is -0.119. The summed E-state index contributed by atoms with van der Waals surface area (Å²) in [6, 6.07) is 5.63. The van der Waals surface area contributed by atoms with E-state index in [0.29, 0.717) is 16.6 Å². The summed E-state index contributed by atoms with van der Waals surface area (Å²) >= 11 is 2.79. The van der Waals surface area contributed by atoms with Crippen LogP contribution in [0.3, 0.4) is 0 Å². The van der Waals surface area contributed by atoms with E-state index in [9.17, 15) is 14.0 Å². The molecule has 128 valence electrons. The predicted octanol–water partition coefficient (Wildman–Crippen LogP) is 3.75. The number of thiazole rings is 1. The summed E-state index contributed by atoms with van der Waals surface area (Å²) in [4.78, 5) is 27.7. The quantitative estimate of drug-likeness (QED) is 0.782. The fourth-order valence-corrected chi connectivity index (χ4v) is 3.19. The molecular formula is C16H18FN3O2S2. The first-order valence-electron chi connectivity index (χ1n) is 7.32. The molecule has 2 N–H and O–H groups in total. The molecule has 0 atom stereocenters. The van der Waals surface area contributed by atoms with Crippen LogP contribution in [0.4, 0.5) is 15.2 Å². The van der Waals surface area contributed by atoms with E-state index in [-0.39, 0.29) is 29.3 Å². The molecule has 1 aromatic heterocycles. The summed E-state index contributed by atoms with van der Waals surface area (Å²) in [5.41, 5.74) is 1.38. The SMILES string of the molecule is CC(C)C(=O)Nc1nc(CSCC(=O)Nc2ccc(F)cc2)cs1. The number of rotatable bonds is 7. The first-order valence-corrected chi connectivity index (χ1v) is 9.36. The van der Waals surface area contributed by atoms with Crippen molar-refractivity contribution in [3.05, 3.63) is 41.2 Å². The minimum absolute atomic E-state index is 0.0674. The minimum atomic E-state index is -0.341. The zero-order chi connectivity index (χ0) is 17.5. The summed E-state index contributed by atoms with van der Waals surface area (Å²) in [6.07, 6.45) is 0. The molecule has 1 heterocycles. The molecule has 1 aromatic carbocycles. The summed E-state index contributed by atoms with van der Waals surface area (Å²) in [5.74, 6) is 0.179. The van der Waals surface area contributed by atoms with Crippen LogP contribution in [0.15, 0.2) is 29.6 Å². The van der Waals surface area contributed by atoms with Gasteiger partial charge < -0.3 is 10.6 Å². The highest BCUT2D eigenvalue weighted by Crippen LogP contribution is 2.20. The summed E-state index contributed by atoms with van der Waals surface area (Å²) in [6.45, 7) is 3.64. The van der Waals surface area contributed by atoms with Crippen LogP contribution < -0.4 is 10.6 Å². The molecule has 0 saturated heterocycles. The van der Waals surface area contributed by atoms with Gasteiger partial charge in [0.2, 0.25) is 11.8 Å².